The lowest BCUT2D eigenvalue weighted by Crippen LogP contribution is -2.63. The molecule has 0 saturated heterocycles. The first-order chi connectivity index (χ1) is 9.27. The second-order valence-corrected chi connectivity index (χ2v) is 4.65. The third kappa shape index (κ3) is 3.19. The first kappa shape index (κ1) is 21.0. The van der Waals surface area contributed by atoms with Crippen LogP contribution in [0.25, 0.3) is 0 Å². The van der Waals surface area contributed by atoms with Crippen LogP contribution in [-0.2, 0) is 19.9 Å². The lowest BCUT2D eigenvalue weighted by atomic mass is 10.2. The van der Waals surface area contributed by atoms with E-state index in [1.807, 2.05) is 0 Å². The molecule has 0 amide bonds. The van der Waals surface area contributed by atoms with Crippen molar-refractivity contribution in [3.8, 4) is 0 Å². The summed E-state index contributed by atoms with van der Waals surface area (Å²) in [6, 6.07) is 0. The van der Waals surface area contributed by atoms with Crippen molar-refractivity contribution >= 4 is 10.2 Å². The fraction of sp³-hybridized carbons (Fsp3) is 1.00. The Kier molecular flexibility index (Phi) is 5.06. The van der Waals surface area contributed by atoms with Gasteiger partial charge in [-0.2, -0.15) is 52.3 Å². The van der Waals surface area contributed by atoms with Crippen molar-refractivity contribution in [2.75, 3.05) is 0 Å². The molecule has 0 heterocycles. The number of hydrogen-bond acceptors (Lipinski definition) is 4. The van der Waals surface area contributed by atoms with Crippen LogP contribution in [0.5, 0.6) is 0 Å². The van der Waals surface area contributed by atoms with Gasteiger partial charge < -0.3 is 0 Å². The first-order valence-electron chi connectivity index (χ1n) is 4.10. The molecule has 0 rings (SSSR count). The van der Waals surface area contributed by atoms with Crippen molar-refractivity contribution in [2.45, 2.75) is 29.5 Å². The fourth-order valence-corrected chi connectivity index (χ4v) is 1.04. The van der Waals surface area contributed by atoms with E-state index in [0.29, 0.717) is 0 Å². The van der Waals surface area contributed by atoms with Crippen LogP contribution in [0.2, 0.25) is 0 Å². The second-order valence-electron chi connectivity index (χ2n) is 3.26. The molecule has 0 saturated carbocycles. The highest BCUT2D eigenvalue weighted by Gasteiger charge is 2.82. The smallest absolute Gasteiger partial charge is 0.262 e. The lowest BCUT2D eigenvalue weighted by Gasteiger charge is -2.35. The molecule has 1 atom stereocenters. The summed E-state index contributed by atoms with van der Waals surface area (Å²) in [5, 5.41) is -7.23. The number of rotatable bonds is 6. The maximum atomic E-state index is 12.9. The van der Waals surface area contributed by atoms with E-state index in [1.165, 1.54) is 4.74 Å². The van der Waals surface area contributed by atoms with Gasteiger partial charge in [-0.15, -0.1) is 4.94 Å². The molecule has 134 valence electrons. The van der Waals surface area contributed by atoms with Crippen LogP contribution >= 0.6 is 0 Å². The van der Waals surface area contributed by atoms with Gasteiger partial charge in [0.15, 0.2) is 0 Å². The van der Waals surface area contributed by atoms with Gasteiger partial charge in [0.1, 0.15) is 0 Å². The van der Waals surface area contributed by atoms with Gasteiger partial charge in [0.05, 0.1) is 0 Å². The molecule has 0 aliphatic rings. The Bertz CT molecular complexity index is 510. The van der Waals surface area contributed by atoms with Gasteiger partial charge in [-0.25, -0.2) is 0 Å². The summed E-state index contributed by atoms with van der Waals surface area (Å²) in [4.78, 5) is 1.10. The maximum Gasteiger partial charge on any atom is 0.464 e. The maximum absolute atomic E-state index is 12.9. The van der Waals surface area contributed by atoms with Crippen molar-refractivity contribution in [3.05, 3.63) is 0 Å². The van der Waals surface area contributed by atoms with Crippen molar-refractivity contribution in [3.63, 3.8) is 0 Å². The molecule has 0 radical (unpaired) electrons. The summed E-state index contributed by atoms with van der Waals surface area (Å²) in [5.74, 6) is -7.30. The first-order valence-corrected chi connectivity index (χ1v) is 5.48. The van der Waals surface area contributed by atoms with Gasteiger partial charge in [0.2, 0.25) is 0 Å². The topological polar surface area (TPSA) is 52.6 Å². The van der Waals surface area contributed by atoms with Gasteiger partial charge in [0.25, 0.3) is 0 Å². The number of alkyl halides is 10. The van der Waals surface area contributed by atoms with Gasteiger partial charge in [-0.3, -0.25) is 4.74 Å². The fourth-order valence-electron chi connectivity index (χ4n) is 0.710. The van der Waals surface area contributed by atoms with Crippen LogP contribution in [0.3, 0.4) is 0 Å². The molecule has 0 bridgehead atoms. The summed E-state index contributed by atoms with van der Waals surface area (Å²) in [5.41, 5.74) is 0. The molecule has 0 aromatic rings. The Morgan fingerprint density at radius 2 is 1.09 bits per heavy atom. The molecule has 0 aromatic heterocycles. The molecular weight excluding hydrogens is 384 g/mol. The van der Waals surface area contributed by atoms with Gasteiger partial charge >= 0.3 is 39.7 Å². The second kappa shape index (κ2) is 5.29. The van der Waals surface area contributed by atoms with Crippen LogP contribution in [-0.4, -0.2) is 37.9 Å². The molecule has 22 heavy (non-hydrogen) atoms. The van der Waals surface area contributed by atoms with E-state index in [2.05, 4.69) is 0 Å². The predicted molar refractivity (Wildman–Crippen MR) is 38.0 cm³/mol. The summed E-state index contributed by atoms with van der Waals surface area (Å²) in [7, 11) is -7.75. The quantitative estimate of drug-likeness (QED) is 0.522. The van der Waals surface area contributed by atoms with Crippen LogP contribution in [0.1, 0.15) is 0 Å². The zero-order valence-corrected chi connectivity index (χ0v) is 9.89. The Hall–Kier alpha value is -0.970. The molecule has 4 nitrogen and oxygen atoms in total. The van der Waals surface area contributed by atoms with E-state index in [4.69, 9.17) is 0 Å². The van der Waals surface area contributed by atoms with Crippen molar-refractivity contribution in [1.29, 1.82) is 0 Å². The largest absolute Gasteiger partial charge is 0.464 e. The van der Waals surface area contributed by atoms with E-state index in [1.54, 1.807) is 0 Å². The average Bonchev–Trinajstić information content (AvgIpc) is 2.24. The third-order valence-electron chi connectivity index (χ3n) is 1.75. The summed E-state index contributed by atoms with van der Waals surface area (Å²) < 4.78 is 167. The summed E-state index contributed by atoms with van der Waals surface area (Å²) >= 11 is 0. The van der Waals surface area contributed by atoms with Crippen molar-refractivity contribution in [1.82, 2.24) is 0 Å². The summed E-state index contributed by atoms with van der Waals surface area (Å²) in [6.07, 6.45) is -21.7. The van der Waals surface area contributed by atoms with Crippen LogP contribution in [0.4, 0.5) is 52.3 Å². The molecule has 0 spiro atoms. The van der Waals surface area contributed by atoms with E-state index >= 15 is 0 Å². The standard InChI is InChI=1S/C5F12O4S/c6-1(2(7,8)9,3(10,11)21-16)20-4(12,13)5(14,15)22(17,18)19. The molecular formula is C5F12O4S. The lowest BCUT2D eigenvalue weighted by molar-refractivity contribution is -0.536. The highest BCUT2D eigenvalue weighted by atomic mass is 32.3. The normalized spacial score (nSPS) is 18.2. The van der Waals surface area contributed by atoms with E-state index in [9.17, 15) is 60.7 Å². The highest BCUT2D eigenvalue weighted by Crippen LogP contribution is 2.53. The van der Waals surface area contributed by atoms with Gasteiger partial charge in [-0.05, 0) is 4.53 Å². The molecule has 17 heteroatoms. The number of halogens is 12. The molecule has 0 aromatic carbocycles. The highest BCUT2D eigenvalue weighted by molar-refractivity contribution is 7.87. The molecule has 0 aliphatic heterocycles. The minimum absolute atomic E-state index is 1.10. The van der Waals surface area contributed by atoms with Crippen molar-refractivity contribution in [2.24, 2.45) is 0 Å². The monoisotopic (exact) mass is 384 g/mol. The zero-order valence-electron chi connectivity index (χ0n) is 9.08. The Labute approximate surface area is 111 Å². The predicted octanol–water partition coefficient (Wildman–Crippen LogP) is 3.21. The SMILES string of the molecule is O=S(=O)(F)C(F)(F)C(F)(F)OC(F)(C(F)(F)F)C(F)(F)OF. The van der Waals surface area contributed by atoms with Gasteiger partial charge in [0, 0.05) is 0 Å². The van der Waals surface area contributed by atoms with E-state index < -0.39 is 39.7 Å². The van der Waals surface area contributed by atoms with E-state index in [0.717, 1.165) is 4.94 Å². The zero-order chi connectivity index (χ0) is 18.4. The number of ether oxygens (including phenoxy) is 1. The minimum Gasteiger partial charge on any atom is -0.262 e. The molecule has 0 aliphatic carbocycles. The Morgan fingerprint density at radius 1 is 0.727 bits per heavy atom. The Balaban J connectivity index is 6.11. The van der Waals surface area contributed by atoms with E-state index in [-0.39, 0.29) is 0 Å². The minimum atomic E-state index is -7.75. The van der Waals surface area contributed by atoms with Crippen LogP contribution in [0.15, 0.2) is 0 Å². The Morgan fingerprint density at radius 3 is 1.32 bits per heavy atom. The average molecular weight is 384 g/mol. The van der Waals surface area contributed by atoms with Crippen LogP contribution < -0.4 is 0 Å². The number of hydrogen-bond donors (Lipinski definition) is 0. The molecule has 0 N–H and O–H groups in total. The molecule has 1 unspecified atom stereocenters. The van der Waals surface area contributed by atoms with Crippen molar-refractivity contribution < 1.29 is 70.4 Å². The molecule has 0 fully saturated rings. The van der Waals surface area contributed by atoms with Crippen LogP contribution in [0, 0.1) is 0 Å². The summed E-state index contributed by atoms with van der Waals surface area (Å²) in [6.45, 7) is 0. The van der Waals surface area contributed by atoms with Gasteiger partial charge in [-0.1, -0.05) is 3.89 Å². The third-order valence-corrected chi connectivity index (χ3v) is 2.60.